The minimum absolute atomic E-state index is 0.0185. The maximum atomic E-state index is 10.6. The summed E-state index contributed by atoms with van der Waals surface area (Å²) >= 11 is 5.70. The second kappa shape index (κ2) is 2.89. The molecule has 58 valence electrons. The van der Waals surface area contributed by atoms with Gasteiger partial charge in [0.25, 0.3) is 0 Å². The molecule has 0 bridgehead atoms. The van der Waals surface area contributed by atoms with Gasteiger partial charge in [0.05, 0.1) is 0 Å². The topological polar surface area (TPSA) is 88.3 Å². The van der Waals surface area contributed by atoms with E-state index in [4.69, 9.17) is 5.73 Å². The number of H-pyrrole nitrogens is 1. The van der Waals surface area contributed by atoms with E-state index in [0.29, 0.717) is 3.95 Å². The van der Waals surface area contributed by atoms with Gasteiger partial charge < -0.3 is 10.7 Å². The molecule has 1 amide bonds. The first-order valence-electron chi connectivity index (χ1n) is 2.51. The summed E-state index contributed by atoms with van der Waals surface area (Å²) in [6, 6.07) is 0. The monoisotopic (exact) mass is 189 g/mol. The summed E-state index contributed by atoms with van der Waals surface area (Å²) in [4.78, 5) is 22.8. The van der Waals surface area contributed by atoms with Crippen LogP contribution in [0.2, 0.25) is 0 Å². The second-order valence-corrected chi connectivity index (χ2v) is 3.37. The lowest BCUT2D eigenvalue weighted by atomic mass is 10.4. The largest absolute Gasteiger partial charge is 0.389 e. The Balaban J connectivity index is 3.23. The number of thiazole rings is 1. The van der Waals surface area contributed by atoms with Crippen molar-refractivity contribution in [3.63, 3.8) is 0 Å². The van der Waals surface area contributed by atoms with Crippen molar-refractivity contribution < 1.29 is 4.79 Å². The van der Waals surface area contributed by atoms with Gasteiger partial charge in [-0.2, -0.15) is 0 Å². The Morgan fingerprint density at radius 3 is 2.73 bits per heavy atom. The third-order valence-electron chi connectivity index (χ3n) is 0.973. The highest BCUT2D eigenvalue weighted by molar-refractivity contribution is 7.73. The van der Waals surface area contributed by atoms with E-state index in [9.17, 15) is 9.70 Å². The third kappa shape index (κ3) is 1.49. The average molecular weight is 189 g/mol. The summed E-state index contributed by atoms with van der Waals surface area (Å²) in [5, 5.41) is 2.39. The molecule has 0 aromatic carbocycles. The van der Waals surface area contributed by atoms with Crippen LogP contribution in [0.15, 0.2) is 5.18 Å². The molecule has 0 saturated carbocycles. The van der Waals surface area contributed by atoms with Gasteiger partial charge in [0.2, 0.25) is 0 Å². The number of nitrogen functional groups attached to an aromatic ring is 1. The molecular weight excluding hydrogens is 186 g/mol. The van der Waals surface area contributed by atoms with Crippen molar-refractivity contribution >= 4 is 34.5 Å². The lowest BCUT2D eigenvalue weighted by molar-refractivity contribution is 0.0997. The summed E-state index contributed by atoms with van der Waals surface area (Å²) in [5.74, 6) is -0.921. The molecule has 0 aliphatic carbocycles. The number of hydrogen-bond acceptors (Lipinski definition) is 5. The van der Waals surface area contributed by atoms with Gasteiger partial charge in [-0.25, -0.2) is 0 Å². The second-order valence-electron chi connectivity index (χ2n) is 1.65. The molecule has 0 aliphatic rings. The van der Waals surface area contributed by atoms with Gasteiger partial charge >= 0.3 is 5.91 Å². The molecule has 1 aromatic rings. The van der Waals surface area contributed by atoms with Crippen molar-refractivity contribution in [2.24, 2.45) is 5.18 Å². The Morgan fingerprint density at radius 2 is 2.36 bits per heavy atom. The Bertz CT molecular complexity index is 352. The highest BCUT2D eigenvalue weighted by Crippen LogP contribution is 2.17. The first-order chi connectivity index (χ1) is 5.15. The van der Waals surface area contributed by atoms with E-state index in [0.717, 1.165) is 11.3 Å². The Kier molecular flexibility index (Phi) is 2.11. The summed E-state index contributed by atoms with van der Waals surface area (Å²) in [5.41, 5.74) is 5.30. The molecule has 0 saturated heterocycles. The molecule has 11 heavy (non-hydrogen) atoms. The van der Waals surface area contributed by atoms with Crippen LogP contribution >= 0.6 is 23.6 Å². The van der Waals surface area contributed by atoms with Crippen LogP contribution in [0.5, 0.6) is 0 Å². The molecule has 0 fully saturated rings. The number of amides is 1. The fraction of sp³-hybridized carbons (Fsp3) is 0. The molecule has 1 rings (SSSR count). The number of anilines is 1. The van der Waals surface area contributed by atoms with Crippen LogP contribution in [0.3, 0.4) is 0 Å². The van der Waals surface area contributed by atoms with Crippen molar-refractivity contribution in [3.05, 3.63) is 14.6 Å². The number of nitrogens with zero attached hydrogens (tertiary/aromatic N) is 1. The number of carbonyl (C=O) groups excluding carboxylic acids is 1. The van der Waals surface area contributed by atoms with E-state index >= 15 is 0 Å². The van der Waals surface area contributed by atoms with Crippen molar-refractivity contribution in [3.8, 4) is 0 Å². The van der Waals surface area contributed by atoms with Crippen LogP contribution in [0.1, 0.15) is 10.5 Å². The lowest BCUT2D eigenvalue weighted by Gasteiger charge is -1.85. The first-order valence-corrected chi connectivity index (χ1v) is 3.74. The van der Waals surface area contributed by atoms with Crippen LogP contribution in [0, 0.1) is 8.86 Å². The van der Waals surface area contributed by atoms with Gasteiger partial charge in [-0.1, -0.05) is 11.3 Å². The predicted molar refractivity (Wildman–Crippen MR) is 44.0 cm³/mol. The van der Waals surface area contributed by atoms with Crippen molar-refractivity contribution in [2.75, 3.05) is 5.73 Å². The molecule has 5 nitrogen and oxygen atoms in total. The predicted octanol–water partition coefficient (Wildman–Crippen LogP) is 1.29. The summed E-state index contributed by atoms with van der Waals surface area (Å²) in [6.45, 7) is 0. The fourth-order valence-electron chi connectivity index (χ4n) is 0.545. The number of nitrogens with one attached hydrogen (secondary N) is 1. The zero-order chi connectivity index (χ0) is 8.43. The average Bonchev–Trinajstić information content (AvgIpc) is 2.28. The number of rotatable bonds is 1. The van der Waals surface area contributed by atoms with Crippen LogP contribution in [-0.4, -0.2) is 10.9 Å². The van der Waals surface area contributed by atoms with E-state index in [1.165, 1.54) is 0 Å². The van der Waals surface area contributed by atoms with Gasteiger partial charge in [-0.3, -0.25) is 4.79 Å². The van der Waals surface area contributed by atoms with Crippen LogP contribution in [-0.2, 0) is 0 Å². The molecule has 0 atom stereocenters. The molecule has 3 N–H and O–H groups in total. The zero-order valence-electron chi connectivity index (χ0n) is 5.16. The smallest absolute Gasteiger partial charge is 0.335 e. The van der Waals surface area contributed by atoms with Crippen LogP contribution in [0.25, 0.3) is 0 Å². The SMILES string of the molecule is Nc1sc(=S)[nH]c1C(=O)N=O. The van der Waals surface area contributed by atoms with E-state index in [1.54, 1.807) is 0 Å². The standard InChI is InChI=1S/C4H3N3O2S2/c5-2-1(3(8)7-9)6-4(10)11-2/h5H2,(H,6,10). The molecule has 1 heterocycles. The highest BCUT2D eigenvalue weighted by atomic mass is 32.1. The third-order valence-corrected chi connectivity index (χ3v) is 2.04. The number of hydrogen-bond donors (Lipinski definition) is 2. The maximum absolute atomic E-state index is 10.6. The van der Waals surface area contributed by atoms with Crippen molar-refractivity contribution in [1.29, 1.82) is 0 Å². The summed E-state index contributed by atoms with van der Waals surface area (Å²) in [7, 11) is 0. The van der Waals surface area contributed by atoms with Gasteiger partial charge in [-0.05, 0) is 12.2 Å². The number of nitroso groups, excluding NO2 is 1. The Morgan fingerprint density at radius 1 is 1.73 bits per heavy atom. The molecule has 0 unspecified atom stereocenters. The number of aromatic amines is 1. The van der Waals surface area contributed by atoms with E-state index in [1.807, 2.05) is 0 Å². The zero-order valence-corrected chi connectivity index (χ0v) is 6.79. The fourth-order valence-corrected chi connectivity index (χ4v) is 1.51. The first kappa shape index (κ1) is 8.02. The lowest BCUT2D eigenvalue weighted by Crippen LogP contribution is -1.97. The molecule has 0 radical (unpaired) electrons. The minimum Gasteiger partial charge on any atom is -0.389 e. The van der Waals surface area contributed by atoms with Gasteiger partial charge in [0, 0.05) is 5.18 Å². The van der Waals surface area contributed by atoms with Gasteiger partial charge in [0.1, 0.15) is 10.7 Å². The van der Waals surface area contributed by atoms with Crippen LogP contribution in [0.4, 0.5) is 5.00 Å². The highest BCUT2D eigenvalue weighted by Gasteiger charge is 2.11. The molecule has 1 aromatic heterocycles. The number of aromatic nitrogens is 1. The van der Waals surface area contributed by atoms with Crippen molar-refractivity contribution in [1.82, 2.24) is 4.98 Å². The summed E-state index contributed by atoms with van der Waals surface area (Å²) < 4.78 is 0.356. The van der Waals surface area contributed by atoms with E-state index in [-0.39, 0.29) is 10.7 Å². The Labute approximate surface area is 70.2 Å². The van der Waals surface area contributed by atoms with Gasteiger partial charge in [0.15, 0.2) is 3.95 Å². The molecule has 0 spiro atoms. The Hall–Kier alpha value is -1.08. The maximum Gasteiger partial charge on any atom is 0.335 e. The van der Waals surface area contributed by atoms with Crippen molar-refractivity contribution in [2.45, 2.75) is 0 Å². The number of nitrogens with two attached hydrogens (primary N) is 1. The quantitative estimate of drug-likeness (QED) is 0.514. The van der Waals surface area contributed by atoms with E-state index in [2.05, 4.69) is 22.4 Å². The minimum atomic E-state index is -0.921. The van der Waals surface area contributed by atoms with Gasteiger partial charge in [-0.15, -0.1) is 4.91 Å². The molecule has 7 heteroatoms. The normalized spacial score (nSPS) is 9.45. The number of carbonyl (C=O) groups is 1. The molecular formula is C4H3N3O2S2. The summed E-state index contributed by atoms with van der Waals surface area (Å²) in [6.07, 6.45) is 0. The van der Waals surface area contributed by atoms with E-state index < -0.39 is 5.91 Å². The molecule has 0 aliphatic heterocycles. The van der Waals surface area contributed by atoms with Crippen LogP contribution < -0.4 is 5.73 Å².